The highest BCUT2D eigenvalue weighted by atomic mass is 16.6. The second kappa shape index (κ2) is 6.84. The van der Waals surface area contributed by atoms with E-state index in [-0.39, 0.29) is 22.1 Å². The van der Waals surface area contributed by atoms with Gasteiger partial charge in [0.25, 0.3) is 5.69 Å². The van der Waals surface area contributed by atoms with Gasteiger partial charge in [-0.15, -0.1) is 0 Å². The molecule has 0 aromatic heterocycles. The van der Waals surface area contributed by atoms with Crippen molar-refractivity contribution in [2.75, 3.05) is 6.54 Å². The van der Waals surface area contributed by atoms with E-state index in [1.165, 1.54) is 0 Å². The molecule has 0 aliphatic heterocycles. The summed E-state index contributed by atoms with van der Waals surface area (Å²) in [6, 6.07) is 5.57. The Hall–Kier alpha value is -1.42. The monoisotopic (exact) mass is 278 g/mol. The lowest BCUT2D eigenvalue weighted by Crippen LogP contribution is -2.42. The predicted molar refractivity (Wildman–Crippen MR) is 83.1 cm³/mol. The van der Waals surface area contributed by atoms with E-state index in [1.807, 2.05) is 13.0 Å². The molecule has 0 bridgehead atoms. The molecule has 1 rings (SSSR count). The average Bonchev–Trinajstić information content (AvgIpc) is 2.32. The van der Waals surface area contributed by atoms with Crippen LogP contribution < -0.4 is 5.32 Å². The molecule has 1 atom stereocenters. The molecule has 0 aliphatic carbocycles. The van der Waals surface area contributed by atoms with Gasteiger partial charge < -0.3 is 5.32 Å². The summed E-state index contributed by atoms with van der Waals surface area (Å²) >= 11 is 0. The van der Waals surface area contributed by atoms with Crippen molar-refractivity contribution < 1.29 is 4.92 Å². The van der Waals surface area contributed by atoms with Crippen LogP contribution in [0.2, 0.25) is 0 Å². The number of rotatable bonds is 6. The number of nitro groups is 1. The van der Waals surface area contributed by atoms with Crippen molar-refractivity contribution in [3.05, 3.63) is 39.4 Å². The van der Waals surface area contributed by atoms with Crippen molar-refractivity contribution in [2.45, 2.75) is 53.5 Å². The molecule has 1 unspecified atom stereocenters. The molecule has 0 saturated carbocycles. The van der Waals surface area contributed by atoms with E-state index in [0.29, 0.717) is 6.42 Å². The summed E-state index contributed by atoms with van der Waals surface area (Å²) in [4.78, 5) is 10.9. The third kappa shape index (κ3) is 4.60. The molecule has 1 aromatic rings. The van der Waals surface area contributed by atoms with Gasteiger partial charge in [0.1, 0.15) is 0 Å². The Labute approximate surface area is 121 Å². The number of benzene rings is 1. The van der Waals surface area contributed by atoms with Crippen molar-refractivity contribution in [1.82, 2.24) is 5.32 Å². The first-order chi connectivity index (χ1) is 9.25. The highest BCUT2D eigenvalue weighted by molar-refractivity contribution is 5.43. The van der Waals surface area contributed by atoms with Crippen LogP contribution in [-0.4, -0.2) is 17.5 Å². The Balaban J connectivity index is 3.03. The molecule has 0 aliphatic rings. The molecule has 4 nitrogen and oxygen atoms in total. The van der Waals surface area contributed by atoms with E-state index < -0.39 is 0 Å². The zero-order valence-corrected chi connectivity index (χ0v) is 13.2. The van der Waals surface area contributed by atoms with E-state index in [2.05, 4.69) is 33.0 Å². The molecule has 20 heavy (non-hydrogen) atoms. The molecule has 112 valence electrons. The van der Waals surface area contributed by atoms with Crippen LogP contribution >= 0.6 is 0 Å². The van der Waals surface area contributed by atoms with E-state index in [0.717, 1.165) is 24.1 Å². The number of hydrogen-bond acceptors (Lipinski definition) is 3. The fourth-order valence-corrected chi connectivity index (χ4v) is 2.28. The van der Waals surface area contributed by atoms with Crippen LogP contribution in [0.25, 0.3) is 0 Å². The third-order valence-corrected chi connectivity index (χ3v) is 3.54. The average molecular weight is 278 g/mol. The van der Waals surface area contributed by atoms with Gasteiger partial charge >= 0.3 is 0 Å². The zero-order valence-electron chi connectivity index (χ0n) is 13.2. The van der Waals surface area contributed by atoms with E-state index in [9.17, 15) is 10.1 Å². The van der Waals surface area contributed by atoms with Gasteiger partial charge in [0.2, 0.25) is 0 Å². The smallest absolute Gasteiger partial charge is 0.272 e. The molecule has 0 saturated heterocycles. The van der Waals surface area contributed by atoms with Crippen molar-refractivity contribution >= 4 is 5.69 Å². The lowest BCUT2D eigenvalue weighted by Gasteiger charge is -2.32. The largest absolute Gasteiger partial charge is 0.313 e. The summed E-state index contributed by atoms with van der Waals surface area (Å²) < 4.78 is 0. The van der Waals surface area contributed by atoms with Crippen LogP contribution in [0.3, 0.4) is 0 Å². The fraction of sp³-hybridized carbons (Fsp3) is 0.625. The summed E-state index contributed by atoms with van der Waals surface area (Å²) in [5, 5.41) is 14.7. The van der Waals surface area contributed by atoms with Gasteiger partial charge in [-0.3, -0.25) is 10.1 Å². The number of aryl methyl sites for hydroxylation is 1. The summed E-state index contributed by atoms with van der Waals surface area (Å²) in [6.07, 6.45) is 1.74. The van der Waals surface area contributed by atoms with Crippen molar-refractivity contribution in [2.24, 2.45) is 5.41 Å². The minimum Gasteiger partial charge on any atom is -0.313 e. The Kier molecular flexibility index (Phi) is 5.69. The van der Waals surface area contributed by atoms with E-state index in [1.54, 1.807) is 12.1 Å². The molecule has 0 radical (unpaired) electrons. The molecule has 4 heteroatoms. The van der Waals surface area contributed by atoms with Gasteiger partial charge in [0, 0.05) is 17.7 Å². The number of nitrogens with one attached hydrogen (secondary N) is 1. The molecule has 0 amide bonds. The van der Waals surface area contributed by atoms with Crippen molar-refractivity contribution in [3.63, 3.8) is 0 Å². The van der Waals surface area contributed by atoms with E-state index in [4.69, 9.17) is 0 Å². The lowest BCUT2D eigenvalue weighted by atomic mass is 9.82. The summed E-state index contributed by atoms with van der Waals surface area (Å²) in [6.45, 7) is 11.5. The van der Waals surface area contributed by atoms with Crippen LogP contribution in [0.5, 0.6) is 0 Å². The van der Waals surface area contributed by atoms with Crippen LogP contribution in [0, 0.1) is 22.5 Å². The molecular weight excluding hydrogens is 252 g/mol. The SMILES string of the molecule is CCCNC(Cc1cc(C)ccc1[N+](=O)[O-])C(C)(C)C. The zero-order chi connectivity index (χ0) is 15.3. The Bertz CT molecular complexity index is 464. The van der Waals surface area contributed by atoms with Gasteiger partial charge in [-0.25, -0.2) is 0 Å². The second-order valence-electron chi connectivity index (χ2n) is 6.47. The van der Waals surface area contributed by atoms with Crippen LogP contribution in [0.4, 0.5) is 5.69 Å². The topological polar surface area (TPSA) is 55.2 Å². The van der Waals surface area contributed by atoms with Crippen LogP contribution in [0.1, 0.15) is 45.2 Å². The van der Waals surface area contributed by atoms with Gasteiger partial charge in [0.05, 0.1) is 4.92 Å². The Morgan fingerprint density at radius 2 is 2.00 bits per heavy atom. The Morgan fingerprint density at radius 3 is 2.50 bits per heavy atom. The molecule has 1 aromatic carbocycles. The summed E-state index contributed by atoms with van der Waals surface area (Å²) in [7, 11) is 0. The van der Waals surface area contributed by atoms with Crippen LogP contribution in [0.15, 0.2) is 18.2 Å². The highest BCUT2D eigenvalue weighted by Crippen LogP contribution is 2.27. The Morgan fingerprint density at radius 1 is 1.35 bits per heavy atom. The minimum absolute atomic E-state index is 0.0623. The van der Waals surface area contributed by atoms with Crippen molar-refractivity contribution in [1.29, 1.82) is 0 Å². The maximum absolute atomic E-state index is 11.2. The lowest BCUT2D eigenvalue weighted by molar-refractivity contribution is -0.385. The van der Waals surface area contributed by atoms with E-state index >= 15 is 0 Å². The first-order valence-electron chi connectivity index (χ1n) is 7.23. The minimum atomic E-state index is -0.283. The maximum Gasteiger partial charge on any atom is 0.272 e. The standard InChI is InChI=1S/C16H26N2O2/c1-6-9-17-15(16(3,4)5)11-13-10-12(2)7-8-14(13)18(19)20/h7-8,10,15,17H,6,9,11H2,1-5H3. The number of nitro benzene ring substituents is 1. The normalized spacial score (nSPS) is 13.2. The number of nitrogens with zero attached hydrogens (tertiary/aromatic N) is 1. The first kappa shape index (κ1) is 16.6. The first-order valence-corrected chi connectivity index (χ1v) is 7.23. The number of hydrogen-bond donors (Lipinski definition) is 1. The highest BCUT2D eigenvalue weighted by Gasteiger charge is 2.27. The molecule has 1 N–H and O–H groups in total. The van der Waals surface area contributed by atoms with Crippen LogP contribution in [-0.2, 0) is 6.42 Å². The molecule has 0 spiro atoms. The molecular formula is C16H26N2O2. The van der Waals surface area contributed by atoms with Gasteiger partial charge in [-0.1, -0.05) is 39.3 Å². The summed E-state index contributed by atoms with van der Waals surface area (Å²) in [5.74, 6) is 0. The fourth-order valence-electron chi connectivity index (χ4n) is 2.28. The quantitative estimate of drug-likeness (QED) is 0.635. The molecule has 0 fully saturated rings. The van der Waals surface area contributed by atoms with Gasteiger partial charge in [-0.2, -0.15) is 0 Å². The maximum atomic E-state index is 11.2. The van der Waals surface area contributed by atoms with Gasteiger partial charge in [0.15, 0.2) is 0 Å². The van der Waals surface area contributed by atoms with Crippen molar-refractivity contribution in [3.8, 4) is 0 Å². The second-order valence-corrected chi connectivity index (χ2v) is 6.47. The predicted octanol–water partition coefficient (Wildman–Crippen LogP) is 3.86. The third-order valence-electron chi connectivity index (χ3n) is 3.54. The molecule has 0 heterocycles. The summed E-state index contributed by atoms with van der Waals surface area (Å²) in [5.41, 5.74) is 2.17. The van der Waals surface area contributed by atoms with Gasteiger partial charge in [-0.05, 0) is 37.8 Å².